The molecule has 0 heterocycles. The molecule has 1 amide bonds. The largest absolute Gasteiger partial charge is 0.398 e. The highest BCUT2D eigenvalue weighted by Crippen LogP contribution is 2.37. The van der Waals surface area contributed by atoms with Gasteiger partial charge in [-0.1, -0.05) is 17.8 Å². The van der Waals surface area contributed by atoms with Gasteiger partial charge in [0.2, 0.25) is 5.91 Å². The molecule has 2 aromatic carbocycles. The Hall–Kier alpha value is -2.01. The summed E-state index contributed by atoms with van der Waals surface area (Å²) in [5, 5.41) is 2.73. The molecule has 0 aliphatic carbocycles. The molecule has 19 heavy (non-hydrogen) atoms. The van der Waals surface area contributed by atoms with Gasteiger partial charge in [0, 0.05) is 17.5 Å². The van der Waals surface area contributed by atoms with E-state index in [4.69, 9.17) is 5.73 Å². The van der Waals surface area contributed by atoms with Crippen molar-refractivity contribution in [2.45, 2.75) is 16.7 Å². The Morgan fingerprint density at radius 2 is 1.89 bits per heavy atom. The quantitative estimate of drug-likeness (QED) is 0.843. The minimum Gasteiger partial charge on any atom is -0.398 e. The van der Waals surface area contributed by atoms with E-state index < -0.39 is 0 Å². The van der Waals surface area contributed by atoms with Crippen LogP contribution in [-0.2, 0) is 4.79 Å². The Bertz CT molecular complexity index is 599. The number of carbonyl (C=O) groups excluding carboxylic acids is 1. The third-order valence-electron chi connectivity index (χ3n) is 2.39. The monoisotopic (exact) mass is 276 g/mol. The van der Waals surface area contributed by atoms with Crippen molar-refractivity contribution in [3.8, 4) is 0 Å². The predicted molar refractivity (Wildman–Crippen MR) is 75.7 cm³/mol. The fourth-order valence-corrected chi connectivity index (χ4v) is 2.50. The molecule has 0 unspecified atom stereocenters. The van der Waals surface area contributed by atoms with Gasteiger partial charge >= 0.3 is 0 Å². The average molecular weight is 276 g/mol. The van der Waals surface area contributed by atoms with E-state index in [1.165, 1.54) is 30.8 Å². The lowest BCUT2D eigenvalue weighted by Gasteiger charge is -2.12. The molecular weight excluding hydrogens is 263 g/mol. The molecule has 0 atom stereocenters. The molecule has 0 radical (unpaired) electrons. The van der Waals surface area contributed by atoms with Gasteiger partial charge in [-0.25, -0.2) is 4.39 Å². The molecule has 2 rings (SSSR count). The van der Waals surface area contributed by atoms with Crippen molar-refractivity contribution in [1.82, 2.24) is 0 Å². The van der Waals surface area contributed by atoms with Gasteiger partial charge in [-0.15, -0.1) is 0 Å². The van der Waals surface area contributed by atoms with Crippen LogP contribution in [-0.4, -0.2) is 5.91 Å². The van der Waals surface area contributed by atoms with Crippen molar-refractivity contribution in [2.24, 2.45) is 0 Å². The lowest BCUT2D eigenvalue weighted by atomic mass is 10.3. The van der Waals surface area contributed by atoms with Crippen LogP contribution in [0.3, 0.4) is 0 Å². The number of rotatable bonds is 3. The molecule has 0 aliphatic heterocycles. The number of nitrogen functional groups attached to an aromatic ring is 1. The number of benzene rings is 2. The summed E-state index contributed by atoms with van der Waals surface area (Å²) in [7, 11) is 0. The molecular formula is C14H13FN2OS. The summed E-state index contributed by atoms with van der Waals surface area (Å²) in [6.45, 7) is 1.44. The highest BCUT2D eigenvalue weighted by atomic mass is 32.2. The summed E-state index contributed by atoms with van der Waals surface area (Å²) in [5.41, 5.74) is 7.15. The highest BCUT2D eigenvalue weighted by Gasteiger charge is 2.09. The summed E-state index contributed by atoms with van der Waals surface area (Å²) in [6.07, 6.45) is 0. The number of anilines is 2. The molecule has 0 spiro atoms. The van der Waals surface area contributed by atoms with Crippen LogP contribution in [0.25, 0.3) is 0 Å². The van der Waals surface area contributed by atoms with Gasteiger partial charge < -0.3 is 11.1 Å². The SMILES string of the molecule is CC(=O)Nc1cccc(N)c1Sc1ccc(F)cc1. The number of halogens is 1. The van der Waals surface area contributed by atoms with E-state index in [0.717, 1.165) is 9.79 Å². The number of amides is 1. The van der Waals surface area contributed by atoms with Crippen molar-refractivity contribution in [2.75, 3.05) is 11.1 Å². The van der Waals surface area contributed by atoms with Crippen LogP contribution in [0, 0.1) is 5.82 Å². The van der Waals surface area contributed by atoms with E-state index in [1.54, 1.807) is 30.3 Å². The van der Waals surface area contributed by atoms with Gasteiger partial charge in [-0.05, 0) is 36.4 Å². The summed E-state index contributed by atoms with van der Waals surface area (Å²) >= 11 is 1.39. The van der Waals surface area contributed by atoms with Gasteiger partial charge in [0.15, 0.2) is 0 Å². The topological polar surface area (TPSA) is 55.1 Å². The van der Waals surface area contributed by atoms with Crippen LogP contribution < -0.4 is 11.1 Å². The van der Waals surface area contributed by atoms with Crippen LogP contribution >= 0.6 is 11.8 Å². The zero-order chi connectivity index (χ0) is 13.8. The summed E-state index contributed by atoms with van der Waals surface area (Å²) in [4.78, 5) is 12.8. The minimum absolute atomic E-state index is 0.161. The van der Waals surface area contributed by atoms with Crippen molar-refractivity contribution < 1.29 is 9.18 Å². The van der Waals surface area contributed by atoms with Crippen molar-refractivity contribution in [3.63, 3.8) is 0 Å². The molecule has 0 saturated heterocycles. The molecule has 3 N–H and O–H groups in total. The maximum Gasteiger partial charge on any atom is 0.221 e. The third kappa shape index (κ3) is 3.48. The molecule has 0 aromatic heterocycles. The second-order valence-electron chi connectivity index (χ2n) is 3.96. The Morgan fingerprint density at radius 1 is 1.21 bits per heavy atom. The molecule has 98 valence electrons. The molecule has 2 aromatic rings. The van der Waals surface area contributed by atoms with E-state index in [1.807, 2.05) is 0 Å². The second kappa shape index (κ2) is 5.75. The zero-order valence-electron chi connectivity index (χ0n) is 10.3. The lowest BCUT2D eigenvalue weighted by Crippen LogP contribution is -2.07. The number of nitrogens with one attached hydrogen (secondary N) is 1. The van der Waals surface area contributed by atoms with Crippen molar-refractivity contribution in [1.29, 1.82) is 0 Å². The maximum atomic E-state index is 12.9. The molecule has 0 bridgehead atoms. The Morgan fingerprint density at radius 3 is 2.53 bits per heavy atom. The molecule has 0 saturated carbocycles. The third-order valence-corrected chi connectivity index (χ3v) is 3.56. The zero-order valence-corrected chi connectivity index (χ0v) is 11.1. The number of carbonyl (C=O) groups is 1. The van der Waals surface area contributed by atoms with Gasteiger partial charge in [0.25, 0.3) is 0 Å². The first-order chi connectivity index (χ1) is 9.06. The second-order valence-corrected chi connectivity index (χ2v) is 5.04. The van der Waals surface area contributed by atoms with E-state index in [-0.39, 0.29) is 11.7 Å². The molecule has 5 heteroatoms. The fourth-order valence-electron chi connectivity index (χ4n) is 1.58. The lowest BCUT2D eigenvalue weighted by molar-refractivity contribution is -0.114. The smallest absolute Gasteiger partial charge is 0.221 e. The summed E-state index contributed by atoms with van der Waals surface area (Å²) in [5.74, 6) is -0.445. The fraction of sp³-hybridized carbons (Fsp3) is 0.0714. The first kappa shape index (κ1) is 13.4. The standard InChI is InChI=1S/C14H13FN2OS/c1-9(18)17-13-4-2-3-12(16)14(13)19-11-7-5-10(15)6-8-11/h2-8H,16H2,1H3,(H,17,18). The minimum atomic E-state index is -0.285. The number of nitrogens with two attached hydrogens (primary N) is 1. The first-order valence-electron chi connectivity index (χ1n) is 5.66. The molecule has 0 fully saturated rings. The van der Waals surface area contributed by atoms with Gasteiger partial charge in [-0.2, -0.15) is 0 Å². The Balaban J connectivity index is 2.32. The van der Waals surface area contributed by atoms with Crippen molar-refractivity contribution >= 4 is 29.0 Å². The van der Waals surface area contributed by atoms with E-state index in [0.29, 0.717) is 11.4 Å². The van der Waals surface area contributed by atoms with Crippen LogP contribution in [0.2, 0.25) is 0 Å². The predicted octanol–water partition coefficient (Wildman–Crippen LogP) is 3.52. The first-order valence-corrected chi connectivity index (χ1v) is 6.47. The maximum absolute atomic E-state index is 12.9. The van der Waals surface area contributed by atoms with Gasteiger partial charge in [0.1, 0.15) is 5.82 Å². The van der Waals surface area contributed by atoms with Crippen molar-refractivity contribution in [3.05, 3.63) is 48.3 Å². The average Bonchev–Trinajstić information content (AvgIpc) is 2.35. The number of hydrogen-bond acceptors (Lipinski definition) is 3. The van der Waals surface area contributed by atoms with Gasteiger partial charge in [-0.3, -0.25) is 4.79 Å². The van der Waals surface area contributed by atoms with Crippen LogP contribution in [0.15, 0.2) is 52.3 Å². The van der Waals surface area contributed by atoms with Crippen LogP contribution in [0.4, 0.5) is 15.8 Å². The van der Waals surface area contributed by atoms with Crippen LogP contribution in [0.5, 0.6) is 0 Å². The summed E-state index contributed by atoms with van der Waals surface area (Å²) in [6, 6.07) is 11.4. The normalized spacial score (nSPS) is 10.2. The van der Waals surface area contributed by atoms with E-state index in [9.17, 15) is 9.18 Å². The Kier molecular flexibility index (Phi) is 4.06. The summed E-state index contributed by atoms with van der Waals surface area (Å²) < 4.78 is 12.9. The Labute approximate surface area is 115 Å². The van der Waals surface area contributed by atoms with E-state index >= 15 is 0 Å². The number of hydrogen-bond donors (Lipinski definition) is 2. The highest BCUT2D eigenvalue weighted by molar-refractivity contribution is 7.99. The molecule has 3 nitrogen and oxygen atoms in total. The van der Waals surface area contributed by atoms with Crippen LogP contribution in [0.1, 0.15) is 6.92 Å². The van der Waals surface area contributed by atoms with Gasteiger partial charge in [0.05, 0.1) is 10.6 Å². The van der Waals surface area contributed by atoms with E-state index in [2.05, 4.69) is 5.32 Å². The molecule has 0 aliphatic rings.